The highest BCUT2D eigenvalue weighted by molar-refractivity contribution is 7.19. The van der Waals surface area contributed by atoms with Gasteiger partial charge in [0.25, 0.3) is 0 Å². The second kappa shape index (κ2) is 15.8. The Bertz CT molecular complexity index is 1150. The zero-order valence-electron chi connectivity index (χ0n) is 25.3. The van der Waals surface area contributed by atoms with Crippen LogP contribution in [0, 0.1) is 0 Å². The van der Waals surface area contributed by atoms with Crippen LogP contribution in [0.4, 0.5) is 0 Å². The minimum absolute atomic E-state index is 0.275. The van der Waals surface area contributed by atoms with Crippen molar-refractivity contribution in [1.29, 1.82) is 0 Å². The molecule has 214 valence electrons. The molecule has 0 amide bonds. The van der Waals surface area contributed by atoms with Crippen molar-refractivity contribution in [3.63, 3.8) is 0 Å². The lowest BCUT2D eigenvalue weighted by molar-refractivity contribution is -0.923. The summed E-state index contributed by atoms with van der Waals surface area (Å²) in [6, 6.07) is 43.5. The first-order chi connectivity index (χ1) is 19.9. The molecule has 0 fully saturated rings. The molecule has 0 unspecified atom stereocenters. The maximum Gasteiger partial charge on any atom is 0.333 e. The first kappa shape index (κ1) is 31.6. The average Bonchev–Trinajstić information content (AvgIpc) is 3.04. The maximum atomic E-state index is 11.1. The molecule has 0 spiro atoms. The fraction of sp³-hybridized carbons (Fsp3) is 0.270. The molecule has 0 atom stereocenters. The summed E-state index contributed by atoms with van der Waals surface area (Å²) in [5, 5.41) is 0. The molecule has 41 heavy (non-hydrogen) atoms. The van der Waals surface area contributed by atoms with E-state index in [2.05, 4.69) is 149 Å². The van der Waals surface area contributed by atoms with Crippen LogP contribution in [0.2, 0.25) is 0 Å². The van der Waals surface area contributed by atoms with Crippen molar-refractivity contribution in [2.24, 2.45) is 0 Å². The summed E-state index contributed by atoms with van der Waals surface area (Å²) in [6.45, 7) is 16.9. The van der Waals surface area contributed by atoms with Gasteiger partial charge in [-0.15, -0.1) is 0 Å². The minimum Gasteiger partial charge on any atom is -0.462 e. The third kappa shape index (κ3) is 7.86. The molecule has 0 radical (unpaired) electrons. The molecule has 4 heteroatoms. The SMILES string of the molecule is C=C(C)C(=O)OCCC[N+](CC)(CC)CC.c1ccc([B-](c2ccccc2)(c2ccccc2)c2ccccc2)cc1. The quantitative estimate of drug-likeness (QED) is 0.0777. The van der Waals surface area contributed by atoms with Gasteiger partial charge in [-0.1, -0.05) is 128 Å². The first-order valence-electron chi connectivity index (χ1n) is 15.0. The smallest absolute Gasteiger partial charge is 0.333 e. The normalized spacial score (nSPS) is 11.2. The molecule has 0 heterocycles. The molecule has 0 saturated heterocycles. The van der Waals surface area contributed by atoms with Crippen LogP contribution in [-0.2, 0) is 9.53 Å². The van der Waals surface area contributed by atoms with Gasteiger partial charge in [-0.2, -0.15) is 21.9 Å². The zero-order valence-corrected chi connectivity index (χ0v) is 25.3. The lowest BCUT2D eigenvalue weighted by atomic mass is 9.13. The Morgan fingerprint density at radius 1 is 0.634 bits per heavy atom. The van der Waals surface area contributed by atoms with Gasteiger partial charge in [0.2, 0.25) is 0 Å². The van der Waals surface area contributed by atoms with Gasteiger partial charge in [0.1, 0.15) is 6.15 Å². The number of nitrogens with zero attached hydrogens (tertiary/aromatic N) is 1. The van der Waals surface area contributed by atoms with E-state index < -0.39 is 6.15 Å². The number of esters is 1. The Hall–Kier alpha value is -3.89. The van der Waals surface area contributed by atoms with E-state index in [0.29, 0.717) is 12.2 Å². The maximum absolute atomic E-state index is 11.1. The van der Waals surface area contributed by atoms with Crippen LogP contribution in [-0.4, -0.2) is 49.4 Å². The van der Waals surface area contributed by atoms with Crippen LogP contribution < -0.4 is 21.9 Å². The van der Waals surface area contributed by atoms with Crippen LogP contribution >= 0.6 is 0 Å². The Kier molecular flexibility index (Phi) is 12.2. The monoisotopic (exact) mass is 547 g/mol. The van der Waals surface area contributed by atoms with Crippen molar-refractivity contribution in [2.75, 3.05) is 32.8 Å². The summed E-state index contributed by atoms with van der Waals surface area (Å²) in [5.74, 6) is -0.275. The van der Waals surface area contributed by atoms with Crippen molar-refractivity contribution in [3.8, 4) is 0 Å². The van der Waals surface area contributed by atoms with E-state index in [4.69, 9.17) is 4.74 Å². The van der Waals surface area contributed by atoms with Crippen molar-refractivity contribution in [2.45, 2.75) is 34.1 Å². The molecule has 0 aliphatic rings. The van der Waals surface area contributed by atoms with Gasteiger partial charge in [-0.3, -0.25) is 0 Å². The molecule has 4 rings (SSSR count). The summed E-state index contributed by atoms with van der Waals surface area (Å²) < 4.78 is 6.19. The molecular weight excluding hydrogens is 501 g/mol. The highest BCUT2D eigenvalue weighted by Gasteiger charge is 2.31. The highest BCUT2D eigenvalue weighted by Crippen LogP contribution is 2.10. The van der Waals surface area contributed by atoms with Crippen LogP contribution in [0.3, 0.4) is 0 Å². The number of quaternary nitrogens is 1. The number of rotatable bonds is 12. The van der Waals surface area contributed by atoms with E-state index >= 15 is 0 Å². The zero-order chi connectivity index (χ0) is 29.6. The predicted octanol–water partition coefficient (Wildman–Crippen LogP) is 5.44. The molecular formula is C37H46BNO2. The van der Waals surface area contributed by atoms with Crippen molar-refractivity contribution in [1.82, 2.24) is 0 Å². The van der Waals surface area contributed by atoms with E-state index in [1.807, 2.05) is 0 Å². The summed E-state index contributed by atoms with van der Waals surface area (Å²) in [5.41, 5.74) is 5.83. The summed E-state index contributed by atoms with van der Waals surface area (Å²) >= 11 is 0. The molecule has 0 aromatic heterocycles. The van der Waals surface area contributed by atoms with Gasteiger partial charge >= 0.3 is 5.97 Å². The molecule has 0 saturated carbocycles. The Labute approximate surface area is 248 Å². The van der Waals surface area contributed by atoms with E-state index in [1.165, 1.54) is 21.9 Å². The fourth-order valence-electron chi connectivity index (χ4n) is 5.95. The van der Waals surface area contributed by atoms with Crippen LogP contribution in [0.1, 0.15) is 34.1 Å². The predicted molar refractivity (Wildman–Crippen MR) is 177 cm³/mol. The molecule has 0 bridgehead atoms. The second-order valence-electron chi connectivity index (χ2n) is 10.8. The third-order valence-electron chi connectivity index (χ3n) is 8.57. The minimum atomic E-state index is -1.22. The average molecular weight is 548 g/mol. The van der Waals surface area contributed by atoms with Crippen LogP contribution in [0.5, 0.6) is 0 Å². The first-order valence-corrected chi connectivity index (χ1v) is 15.0. The molecule has 0 N–H and O–H groups in total. The van der Waals surface area contributed by atoms with Gasteiger partial charge in [0, 0.05) is 12.0 Å². The van der Waals surface area contributed by atoms with Crippen molar-refractivity contribution in [3.05, 3.63) is 133 Å². The Morgan fingerprint density at radius 3 is 1.22 bits per heavy atom. The molecule has 4 aromatic carbocycles. The summed E-state index contributed by atoms with van der Waals surface area (Å²) in [6.07, 6.45) is -0.290. The molecule has 0 aliphatic heterocycles. The van der Waals surface area contributed by atoms with Crippen LogP contribution in [0.25, 0.3) is 0 Å². The van der Waals surface area contributed by atoms with E-state index in [9.17, 15) is 4.79 Å². The lowest BCUT2D eigenvalue weighted by Crippen LogP contribution is -2.74. The van der Waals surface area contributed by atoms with Gasteiger partial charge in [-0.25, -0.2) is 4.79 Å². The highest BCUT2D eigenvalue weighted by atomic mass is 16.5. The van der Waals surface area contributed by atoms with Crippen molar-refractivity contribution >= 4 is 34.0 Å². The second-order valence-corrected chi connectivity index (χ2v) is 10.8. The largest absolute Gasteiger partial charge is 0.462 e. The standard InChI is InChI=1S/C24H20B.C13H26NO2/c1-5-13-21(14-6-1)25(22-15-7-2-8-16-22,23-17-9-3-10-18-23)24-19-11-4-12-20-24;1-6-14(7-2,8-3)10-9-11-16-13(15)12(4)5/h1-20H;4,6-11H2,1-3,5H3/q-1;+1. The number of hydrogen-bond donors (Lipinski definition) is 0. The number of carbonyl (C=O) groups is 1. The number of carbonyl (C=O) groups excluding carboxylic acids is 1. The Morgan fingerprint density at radius 2 is 0.951 bits per heavy atom. The van der Waals surface area contributed by atoms with Gasteiger partial charge in [0.15, 0.2) is 0 Å². The van der Waals surface area contributed by atoms with Crippen LogP contribution in [0.15, 0.2) is 133 Å². The van der Waals surface area contributed by atoms with E-state index in [-0.39, 0.29) is 5.97 Å². The number of hydrogen-bond acceptors (Lipinski definition) is 2. The number of benzene rings is 4. The van der Waals surface area contributed by atoms with Crippen molar-refractivity contribution < 1.29 is 14.0 Å². The third-order valence-corrected chi connectivity index (χ3v) is 8.57. The molecule has 3 nitrogen and oxygen atoms in total. The molecule has 4 aromatic rings. The van der Waals surface area contributed by atoms with E-state index in [0.717, 1.165) is 37.1 Å². The molecule has 0 aliphatic carbocycles. The topological polar surface area (TPSA) is 26.3 Å². The van der Waals surface area contributed by atoms with Gasteiger partial charge in [-0.05, 0) is 27.7 Å². The fourth-order valence-corrected chi connectivity index (χ4v) is 5.95. The number of ether oxygens (including phenoxy) is 1. The summed E-state index contributed by atoms with van der Waals surface area (Å²) in [4.78, 5) is 11.1. The van der Waals surface area contributed by atoms with Gasteiger partial charge in [0.05, 0.1) is 32.8 Å². The lowest BCUT2D eigenvalue weighted by Gasteiger charge is -2.44. The van der Waals surface area contributed by atoms with E-state index in [1.54, 1.807) is 6.92 Å². The summed E-state index contributed by atoms with van der Waals surface area (Å²) in [7, 11) is 0. The Balaban J connectivity index is 0.000000253. The van der Waals surface area contributed by atoms with Gasteiger partial charge < -0.3 is 9.22 Å².